The fraction of sp³-hybridized carbons (Fsp3) is 0.188. The number of nitrogens with one attached hydrogen (secondary N) is 2. The van der Waals surface area contributed by atoms with E-state index in [1.54, 1.807) is 17.9 Å². The number of hydrogen-bond donors (Lipinski definition) is 2. The maximum absolute atomic E-state index is 7.57. The molecule has 0 aliphatic heterocycles. The minimum Gasteiger partial charge on any atom is -0.476 e. The number of aromatic nitrogens is 5. The molecule has 7 nitrogen and oxygen atoms in total. The second-order valence-corrected chi connectivity index (χ2v) is 5.06. The van der Waals surface area contributed by atoms with Gasteiger partial charge >= 0.3 is 0 Å². The largest absolute Gasteiger partial charge is 0.476 e. The van der Waals surface area contributed by atoms with Crippen LogP contribution in [0.15, 0.2) is 36.5 Å². The Balaban J connectivity index is 1.71. The molecule has 0 amide bonds. The minimum atomic E-state index is -1.79. The summed E-state index contributed by atoms with van der Waals surface area (Å²) in [6.45, 7) is -0.447. The molecule has 116 valence electrons. The van der Waals surface area contributed by atoms with Crippen LogP contribution in [0.3, 0.4) is 0 Å². The molecule has 0 saturated heterocycles. The summed E-state index contributed by atoms with van der Waals surface area (Å²) in [6, 6.07) is 9.37. The molecule has 0 bridgehead atoms. The van der Waals surface area contributed by atoms with Crippen LogP contribution in [-0.2, 0) is 7.05 Å². The molecular formula is C16H16N6O. The zero-order valence-electron chi connectivity index (χ0n) is 14.7. The Bertz CT molecular complexity index is 1070. The predicted molar refractivity (Wildman–Crippen MR) is 89.1 cm³/mol. The molecule has 0 fully saturated rings. The summed E-state index contributed by atoms with van der Waals surface area (Å²) >= 11 is 0. The summed E-state index contributed by atoms with van der Waals surface area (Å²) in [5.41, 5.74) is 3.25. The van der Waals surface area contributed by atoms with E-state index in [1.807, 2.05) is 30.3 Å². The summed E-state index contributed by atoms with van der Waals surface area (Å²) in [5.74, 6) is 0.905. The van der Waals surface area contributed by atoms with Crippen molar-refractivity contribution in [2.45, 2.75) is 6.92 Å². The van der Waals surface area contributed by atoms with Gasteiger partial charge in [-0.1, -0.05) is 0 Å². The number of aromatic amines is 1. The monoisotopic (exact) mass is 310 g/mol. The second kappa shape index (κ2) is 5.28. The number of anilines is 2. The molecule has 0 radical (unpaired) electrons. The first-order valence-electron chi connectivity index (χ1n) is 8.13. The Kier molecular flexibility index (Phi) is 2.63. The van der Waals surface area contributed by atoms with Gasteiger partial charge in [0.1, 0.15) is 5.52 Å². The van der Waals surface area contributed by atoms with Crippen LogP contribution in [0.5, 0.6) is 5.88 Å². The van der Waals surface area contributed by atoms with Crippen molar-refractivity contribution in [3.63, 3.8) is 0 Å². The molecular weight excluding hydrogens is 292 g/mol. The van der Waals surface area contributed by atoms with Crippen LogP contribution >= 0.6 is 0 Å². The first kappa shape index (κ1) is 11.5. The number of H-pyrrole nitrogens is 1. The van der Waals surface area contributed by atoms with Gasteiger partial charge in [0.2, 0.25) is 5.88 Å². The van der Waals surface area contributed by atoms with E-state index in [-0.39, 0.29) is 5.88 Å². The van der Waals surface area contributed by atoms with Crippen molar-refractivity contribution in [1.29, 1.82) is 0 Å². The van der Waals surface area contributed by atoms with Gasteiger partial charge in [0.05, 0.1) is 25.7 Å². The van der Waals surface area contributed by atoms with Gasteiger partial charge in [0.25, 0.3) is 0 Å². The lowest BCUT2D eigenvalue weighted by atomic mass is 10.2. The van der Waals surface area contributed by atoms with E-state index in [1.165, 1.54) is 6.92 Å². The standard InChI is InChI=1S/C16H16N6O/c1-3-23-16-11-7-6-10(9-13(11)22(2)21-16)18-15-14-12(19-20-15)5-4-8-17-14/h4-9H,3H2,1-2H3,(H2,18,19,20)/i3D2. The Labute approximate surface area is 135 Å². The van der Waals surface area contributed by atoms with E-state index in [4.69, 9.17) is 7.48 Å². The lowest BCUT2D eigenvalue weighted by Crippen LogP contribution is -1.94. The molecule has 1 aromatic carbocycles. The van der Waals surface area contributed by atoms with E-state index >= 15 is 0 Å². The van der Waals surface area contributed by atoms with Crippen LogP contribution in [0.2, 0.25) is 0 Å². The fourth-order valence-electron chi connectivity index (χ4n) is 2.55. The van der Waals surface area contributed by atoms with Crippen molar-refractivity contribution in [1.82, 2.24) is 25.0 Å². The van der Waals surface area contributed by atoms with Gasteiger partial charge in [-0.15, -0.1) is 5.10 Å². The topological polar surface area (TPSA) is 80.6 Å². The summed E-state index contributed by atoms with van der Waals surface area (Å²) < 4.78 is 22.1. The molecule has 23 heavy (non-hydrogen) atoms. The average Bonchev–Trinajstić information content (AvgIpc) is 3.08. The van der Waals surface area contributed by atoms with E-state index in [9.17, 15) is 0 Å². The van der Waals surface area contributed by atoms with E-state index in [2.05, 4.69) is 25.6 Å². The average molecular weight is 310 g/mol. The number of nitrogens with zero attached hydrogens (tertiary/aromatic N) is 4. The van der Waals surface area contributed by atoms with Crippen LogP contribution in [-0.4, -0.2) is 31.5 Å². The smallest absolute Gasteiger partial charge is 0.240 e. The van der Waals surface area contributed by atoms with Crippen molar-refractivity contribution in [3.8, 4) is 5.88 Å². The third-order valence-corrected chi connectivity index (χ3v) is 3.60. The van der Waals surface area contributed by atoms with Crippen molar-refractivity contribution in [2.24, 2.45) is 7.05 Å². The van der Waals surface area contributed by atoms with Crippen LogP contribution in [0, 0.1) is 0 Å². The SMILES string of the molecule is [2H]C([2H])(C)Oc1nn(C)c2cc(Nc3n[nH]c4cccnc34)ccc12. The first-order chi connectivity index (χ1) is 11.9. The Hall–Kier alpha value is -3.09. The summed E-state index contributed by atoms with van der Waals surface area (Å²) in [4.78, 5) is 4.33. The molecule has 4 aromatic rings. The van der Waals surface area contributed by atoms with Gasteiger partial charge in [-0.25, -0.2) is 0 Å². The van der Waals surface area contributed by atoms with E-state index < -0.39 is 6.56 Å². The number of hydrogen-bond acceptors (Lipinski definition) is 5. The summed E-state index contributed by atoms with van der Waals surface area (Å²) in [7, 11) is 1.79. The molecule has 0 saturated carbocycles. The summed E-state index contributed by atoms with van der Waals surface area (Å²) in [6.07, 6.45) is 1.72. The zero-order valence-corrected chi connectivity index (χ0v) is 12.7. The number of benzene rings is 1. The zero-order chi connectivity index (χ0) is 17.6. The van der Waals surface area contributed by atoms with Crippen molar-refractivity contribution in [3.05, 3.63) is 36.5 Å². The number of fused-ring (bicyclic) bond motifs is 2. The third kappa shape index (κ3) is 2.26. The molecule has 0 aliphatic carbocycles. The molecule has 0 unspecified atom stereocenters. The van der Waals surface area contributed by atoms with Gasteiger partial charge in [0.15, 0.2) is 5.82 Å². The second-order valence-electron chi connectivity index (χ2n) is 5.06. The van der Waals surface area contributed by atoms with E-state index in [0.717, 1.165) is 27.6 Å². The number of ether oxygens (including phenoxy) is 1. The van der Waals surface area contributed by atoms with Gasteiger partial charge in [-0.2, -0.15) is 5.10 Å². The fourth-order valence-corrected chi connectivity index (χ4v) is 2.55. The maximum Gasteiger partial charge on any atom is 0.240 e. The lowest BCUT2D eigenvalue weighted by Gasteiger charge is -2.04. The number of rotatable bonds is 4. The molecule has 3 aromatic heterocycles. The Morgan fingerprint density at radius 2 is 2.30 bits per heavy atom. The highest BCUT2D eigenvalue weighted by atomic mass is 16.5. The first-order valence-corrected chi connectivity index (χ1v) is 7.13. The maximum atomic E-state index is 7.57. The molecule has 0 spiro atoms. The minimum absolute atomic E-state index is 0.267. The van der Waals surface area contributed by atoms with Crippen LogP contribution in [0.4, 0.5) is 11.5 Å². The van der Waals surface area contributed by atoms with Gasteiger partial charge in [0, 0.05) is 18.9 Å². The molecule has 4 rings (SSSR count). The quantitative estimate of drug-likeness (QED) is 0.605. The highest BCUT2D eigenvalue weighted by Gasteiger charge is 2.11. The number of aryl methyl sites for hydroxylation is 1. The Morgan fingerprint density at radius 3 is 3.17 bits per heavy atom. The lowest BCUT2D eigenvalue weighted by molar-refractivity contribution is 0.326. The summed E-state index contributed by atoms with van der Waals surface area (Å²) in [5, 5.41) is 15.4. The van der Waals surface area contributed by atoms with Crippen LogP contribution in [0.25, 0.3) is 21.9 Å². The van der Waals surface area contributed by atoms with Crippen LogP contribution in [0.1, 0.15) is 9.67 Å². The van der Waals surface area contributed by atoms with Crippen molar-refractivity contribution < 1.29 is 7.48 Å². The molecule has 0 atom stereocenters. The highest BCUT2D eigenvalue weighted by molar-refractivity contribution is 5.91. The van der Waals surface area contributed by atoms with Gasteiger partial charge in [-0.05, 0) is 37.3 Å². The Morgan fingerprint density at radius 1 is 1.39 bits per heavy atom. The van der Waals surface area contributed by atoms with Crippen molar-refractivity contribution >= 4 is 33.4 Å². The van der Waals surface area contributed by atoms with Gasteiger partial charge < -0.3 is 10.1 Å². The van der Waals surface area contributed by atoms with Crippen molar-refractivity contribution in [2.75, 3.05) is 11.9 Å². The van der Waals surface area contributed by atoms with E-state index in [0.29, 0.717) is 5.82 Å². The normalized spacial score (nSPS) is 13.1. The molecule has 7 heteroatoms. The van der Waals surface area contributed by atoms with Crippen LogP contribution < -0.4 is 10.1 Å². The third-order valence-electron chi connectivity index (χ3n) is 3.60. The predicted octanol–water partition coefficient (Wildman–Crippen LogP) is 2.99. The molecule has 2 N–H and O–H groups in total. The highest BCUT2D eigenvalue weighted by Crippen LogP contribution is 2.29. The van der Waals surface area contributed by atoms with Gasteiger partial charge in [-0.3, -0.25) is 14.8 Å². The molecule has 3 heterocycles. The number of pyridine rings is 1. The molecule has 0 aliphatic rings.